The number of esters is 1. The predicted octanol–water partition coefficient (Wildman–Crippen LogP) is 0.799. The van der Waals surface area contributed by atoms with Crippen LogP contribution >= 0.6 is 0 Å². The first kappa shape index (κ1) is 26.2. The van der Waals surface area contributed by atoms with Crippen LogP contribution in [0, 0.1) is 0 Å². The van der Waals surface area contributed by atoms with Gasteiger partial charge in [-0.05, 0) is 30.3 Å². The molecule has 5 N–H and O–H groups in total. The van der Waals surface area contributed by atoms with E-state index in [4.69, 9.17) is 20.9 Å². The van der Waals surface area contributed by atoms with Gasteiger partial charge in [-0.1, -0.05) is 0 Å². The zero-order chi connectivity index (χ0) is 28.4. The van der Waals surface area contributed by atoms with Gasteiger partial charge in [-0.3, -0.25) is 29.1 Å². The number of nitrogens with two attached hydrogens (primary N) is 2. The number of hydrogen-bond acceptors (Lipinski definition) is 10. The highest BCUT2D eigenvalue weighted by molar-refractivity contribution is 6.15. The summed E-state index contributed by atoms with van der Waals surface area (Å²) in [6.45, 7) is 1.30. The highest BCUT2D eigenvalue weighted by Gasteiger charge is 2.43. The second kappa shape index (κ2) is 10.8. The molecule has 1 aliphatic heterocycles. The number of nitrogens with one attached hydrogen (secondary N) is 1. The molecule has 4 aromatic rings. The van der Waals surface area contributed by atoms with Gasteiger partial charge in [-0.25, -0.2) is 9.67 Å². The maximum absolute atomic E-state index is 13.5. The monoisotopic (exact) mass is 544 g/mol. The fraction of sp³-hybridized carbons (Fsp3) is 0.192. The van der Waals surface area contributed by atoms with Crippen LogP contribution in [0.4, 0.5) is 17.3 Å². The van der Waals surface area contributed by atoms with Crippen molar-refractivity contribution in [2.24, 2.45) is 5.73 Å². The van der Waals surface area contributed by atoms with Crippen molar-refractivity contribution in [1.29, 1.82) is 0 Å². The number of carbonyl (C=O) groups excluding carboxylic acids is 4. The Morgan fingerprint density at radius 2 is 1.88 bits per heavy atom. The molecule has 0 bridgehead atoms. The molecule has 2 atom stereocenters. The standard InChI is InChI=1S/C26H24N8O6/c1-14(35)40-21(25(37)31-18-3-2-17-16(20(18)24(28)36)6-10-30-23(17)27)22-26(38)33(12-13-39-22)19-7-11-34(32-19)15-4-8-29-9-5-15/h2-11,21-22H,12-13H2,1H3,(H2,27,30)(H2,28,36)(H,31,37). The Morgan fingerprint density at radius 1 is 1.10 bits per heavy atom. The first-order valence-corrected chi connectivity index (χ1v) is 12.1. The van der Waals surface area contributed by atoms with E-state index in [1.807, 2.05) is 0 Å². The summed E-state index contributed by atoms with van der Waals surface area (Å²) < 4.78 is 12.5. The lowest BCUT2D eigenvalue weighted by Gasteiger charge is -2.34. The van der Waals surface area contributed by atoms with Gasteiger partial charge in [0, 0.05) is 48.5 Å². The van der Waals surface area contributed by atoms with Gasteiger partial charge in [0.05, 0.1) is 30.1 Å². The van der Waals surface area contributed by atoms with E-state index < -0.39 is 35.9 Å². The second-order valence-corrected chi connectivity index (χ2v) is 8.77. The number of anilines is 3. The highest BCUT2D eigenvalue weighted by atomic mass is 16.6. The molecule has 0 saturated carbocycles. The smallest absolute Gasteiger partial charge is 0.303 e. The molecule has 14 heteroatoms. The van der Waals surface area contributed by atoms with Crippen LogP contribution in [0.15, 0.2) is 61.2 Å². The van der Waals surface area contributed by atoms with Gasteiger partial charge in [-0.2, -0.15) is 0 Å². The van der Waals surface area contributed by atoms with Crippen molar-refractivity contribution in [2.75, 3.05) is 29.1 Å². The lowest BCUT2D eigenvalue weighted by molar-refractivity contribution is -0.167. The van der Waals surface area contributed by atoms with Crippen molar-refractivity contribution < 1.29 is 28.7 Å². The third-order valence-electron chi connectivity index (χ3n) is 6.21. The first-order chi connectivity index (χ1) is 19.2. The number of ether oxygens (including phenoxy) is 2. The zero-order valence-corrected chi connectivity index (χ0v) is 21.2. The first-order valence-electron chi connectivity index (χ1n) is 12.1. The van der Waals surface area contributed by atoms with E-state index >= 15 is 0 Å². The summed E-state index contributed by atoms with van der Waals surface area (Å²) >= 11 is 0. The number of hydrogen-bond donors (Lipinski definition) is 3. The van der Waals surface area contributed by atoms with Crippen molar-refractivity contribution >= 4 is 51.8 Å². The lowest BCUT2D eigenvalue weighted by atomic mass is 10.0. The number of rotatable bonds is 7. The van der Waals surface area contributed by atoms with Gasteiger partial charge in [0.15, 0.2) is 11.9 Å². The number of morpholine rings is 1. The van der Waals surface area contributed by atoms with Crippen LogP contribution < -0.4 is 21.7 Å². The van der Waals surface area contributed by atoms with Gasteiger partial charge < -0.3 is 26.3 Å². The van der Waals surface area contributed by atoms with Gasteiger partial charge in [0.25, 0.3) is 17.7 Å². The van der Waals surface area contributed by atoms with Crippen LogP contribution in [-0.4, -0.2) is 68.8 Å². The fourth-order valence-corrected chi connectivity index (χ4v) is 4.43. The van der Waals surface area contributed by atoms with Crippen molar-refractivity contribution in [3.63, 3.8) is 0 Å². The number of nitrogens with zero attached hydrogens (tertiary/aromatic N) is 5. The number of nitrogen functional groups attached to an aromatic ring is 1. The molecule has 1 saturated heterocycles. The Morgan fingerprint density at radius 3 is 2.60 bits per heavy atom. The minimum absolute atomic E-state index is 0.0271. The number of amides is 3. The summed E-state index contributed by atoms with van der Waals surface area (Å²) in [5.74, 6) is -2.71. The summed E-state index contributed by atoms with van der Waals surface area (Å²) in [5, 5.41) is 7.83. The van der Waals surface area contributed by atoms with Crippen LogP contribution in [0.5, 0.6) is 0 Å². The normalized spacial score (nSPS) is 16.0. The number of fused-ring (bicyclic) bond motifs is 1. The third kappa shape index (κ3) is 5.02. The second-order valence-electron chi connectivity index (χ2n) is 8.77. The molecule has 1 aromatic carbocycles. The lowest BCUT2D eigenvalue weighted by Crippen LogP contribution is -2.56. The van der Waals surface area contributed by atoms with E-state index in [1.165, 1.54) is 23.2 Å². The van der Waals surface area contributed by atoms with Crippen LogP contribution in [-0.2, 0) is 23.9 Å². The average molecular weight is 545 g/mol. The van der Waals surface area contributed by atoms with E-state index in [9.17, 15) is 19.2 Å². The molecule has 3 aromatic heterocycles. The van der Waals surface area contributed by atoms with Crippen LogP contribution in [0.2, 0.25) is 0 Å². The fourth-order valence-electron chi connectivity index (χ4n) is 4.43. The van der Waals surface area contributed by atoms with Crippen LogP contribution in [0.1, 0.15) is 17.3 Å². The molecule has 0 aliphatic carbocycles. The summed E-state index contributed by atoms with van der Waals surface area (Å²) in [5.41, 5.74) is 12.3. The molecule has 3 amide bonds. The van der Waals surface area contributed by atoms with Crippen LogP contribution in [0.3, 0.4) is 0 Å². The minimum Gasteiger partial charge on any atom is -0.449 e. The third-order valence-corrected chi connectivity index (χ3v) is 6.21. The zero-order valence-electron chi connectivity index (χ0n) is 21.2. The number of benzene rings is 1. The molecule has 1 aliphatic rings. The molecule has 204 valence electrons. The number of carbonyl (C=O) groups is 4. The number of pyridine rings is 2. The molecule has 2 unspecified atom stereocenters. The molecule has 0 radical (unpaired) electrons. The van der Waals surface area contributed by atoms with Gasteiger partial charge in [-0.15, -0.1) is 5.10 Å². The molecule has 14 nitrogen and oxygen atoms in total. The maximum Gasteiger partial charge on any atom is 0.303 e. The molecule has 1 fully saturated rings. The quantitative estimate of drug-likeness (QED) is 0.280. The summed E-state index contributed by atoms with van der Waals surface area (Å²) in [7, 11) is 0. The Labute approximate surface area is 226 Å². The van der Waals surface area contributed by atoms with Crippen molar-refractivity contribution in [3.8, 4) is 5.69 Å². The molecular formula is C26H24N8O6. The number of primary amides is 1. The summed E-state index contributed by atoms with van der Waals surface area (Å²) in [6.07, 6.45) is 3.12. The van der Waals surface area contributed by atoms with Crippen molar-refractivity contribution in [3.05, 3.63) is 66.7 Å². The minimum atomic E-state index is -1.69. The van der Waals surface area contributed by atoms with Crippen molar-refractivity contribution in [1.82, 2.24) is 19.7 Å². The highest BCUT2D eigenvalue weighted by Crippen LogP contribution is 2.29. The topological polar surface area (TPSA) is 198 Å². The van der Waals surface area contributed by atoms with E-state index in [0.717, 1.165) is 12.6 Å². The van der Waals surface area contributed by atoms with Gasteiger partial charge in [0.2, 0.25) is 6.10 Å². The van der Waals surface area contributed by atoms with Gasteiger partial charge >= 0.3 is 5.97 Å². The van der Waals surface area contributed by atoms with Gasteiger partial charge in [0.1, 0.15) is 5.82 Å². The molecule has 5 rings (SSSR count). The number of aromatic nitrogens is 4. The van der Waals surface area contributed by atoms with E-state index in [0.29, 0.717) is 16.6 Å². The largest absolute Gasteiger partial charge is 0.449 e. The molecular weight excluding hydrogens is 520 g/mol. The summed E-state index contributed by atoms with van der Waals surface area (Å²) in [4.78, 5) is 60.6. The van der Waals surface area contributed by atoms with E-state index in [-0.39, 0.29) is 30.2 Å². The predicted molar refractivity (Wildman–Crippen MR) is 142 cm³/mol. The Hall–Kier alpha value is -5.37. The Balaban J connectivity index is 1.43. The Kier molecular flexibility index (Phi) is 7.07. The van der Waals surface area contributed by atoms with Crippen LogP contribution in [0.25, 0.3) is 16.5 Å². The molecule has 40 heavy (non-hydrogen) atoms. The molecule has 4 heterocycles. The Bertz CT molecular complexity index is 1620. The van der Waals surface area contributed by atoms with Crippen molar-refractivity contribution in [2.45, 2.75) is 19.1 Å². The molecule has 0 spiro atoms. The summed E-state index contributed by atoms with van der Waals surface area (Å²) in [6, 6.07) is 9.64. The maximum atomic E-state index is 13.5. The average Bonchev–Trinajstić information content (AvgIpc) is 3.42. The SMILES string of the molecule is CC(=O)OC(C(=O)Nc1ccc2c(N)nccc2c1C(N)=O)C1OCCN(c2ccn(-c3ccncc3)n2)C1=O. The van der Waals surface area contributed by atoms with E-state index in [2.05, 4.69) is 20.4 Å². The van der Waals surface area contributed by atoms with E-state index in [1.54, 1.807) is 47.5 Å².